The molecule has 2 rings (SSSR count). The van der Waals surface area contributed by atoms with Crippen LogP contribution in [0.1, 0.15) is 12.0 Å². The molecule has 5 heteroatoms. The minimum atomic E-state index is -1.18. The predicted molar refractivity (Wildman–Crippen MR) is 76.9 cm³/mol. The van der Waals surface area contributed by atoms with Crippen LogP contribution in [-0.4, -0.2) is 44.3 Å². The van der Waals surface area contributed by atoms with Gasteiger partial charge in [-0.25, -0.2) is 0 Å². The molecule has 0 saturated heterocycles. The van der Waals surface area contributed by atoms with Gasteiger partial charge in [-0.15, -0.1) is 0 Å². The first-order valence-electron chi connectivity index (χ1n) is 6.37. The summed E-state index contributed by atoms with van der Waals surface area (Å²) in [6, 6.07) is 6.11. The maximum atomic E-state index is 11.4. The lowest BCUT2D eigenvalue weighted by Crippen LogP contribution is -2.50. The van der Waals surface area contributed by atoms with Crippen LogP contribution in [-0.2, 0) is 11.2 Å². The molecule has 1 aromatic rings. The van der Waals surface area contributed by atoms with E-state index in [1.165, 1.54) is 0 Å². The van der Waals surface area contributed by atoms with Gasteiger partial charge in [-0.1, -0.05) is 0 Å². The predicted octanol–water partition coefficient (Wildman–Crippen LogP) is 0.917. The molecule has 0 bridgehead atoms. The summed E-state index contributed by atoms with van der Waals surface area (Å²) in [5, 5.41) is 9.36. The van der Waals surface area contributed by atoms with Gasteiger partial charge >= 0.3 is 5.97 Å². The first kappa shape index (κ1) is 13.7. The smallest absolute Gasteiger partial charge is 0.324 e. The van der Waals surface area contributed by atoms with E-state index in [9.17, 15) is 9.90 Å². The van der Waals surface area contributed by atoms with E-state index in [-0.39, 0.29) is 0 Å². The Morgan fingerprint density at radius 2 is 2.16 bits per heavy atom. The zero-order chi connectivity index (χ0) is 14.2. The SMILES string of the molecule is CN(C)c1ccc2c(c1)CC(N)(C(=O)O)CCN2C. The molecule has 3 N–H and O–H groups in total. The molecular weight excluding hydrogens is 242 g/mol. The number of benzene rings is 1. The van der Waals surface area contributed by atoms with Gasteiger partial charge in [0.25, 0.3) is 0 Å². The van der Waals surface area contributed by atoms with Gasteiger partial charge in [0.1, 0.15) is 5.54 Å². The van der Waals surface area contributed by atoms with Gasteiger partial charge in [-0.2, -0.15) is 0 Å². The average molecular weight is 263 g/mol. The number of fused-ring (bicyclic) bond motifs is 1. The molecule has 0 radical (unpaired) electrons. The van der Waals surface area contributed by atoms with Crippen LogP contribution < -0.4 is 15.5 Å². The molecule has 1 aliphatic heterocycles. The van der Waals surface area contributed by atoms with E-state index in [2.05, 4.69) is 4.90 Å². The van der Waals surface area contributed by atoms with Crippen molar-refractivity contribution < 1.29 is 9.90 Å². The Morgan fingerprint density at radius 1 is 1.47 bits per heavy atom. The quantitative estimate of drug-likeness (QED) is 0.830. The van der Waals surface area contributed by atoms with Crippen molar-refractivity contribution in [3.63, 3.8) is 0 Å². The second kappa shape index (κ2) is 4.74. The van der Waals surface area contributed by atoms with Crippen molar-refractivity contribution in [2.75, 3.05) is 37.5 Å². The van der Waals surface area contributed by atoms with E-state index in [1.807, 2.05) is 44.2 Å². The number of nitrogens with zero attached hydrogens (tertiary/aromatic N) is 2. The zero-order valence-electron chi connectivity index (χ0n) is 11.7. The Hall–Kier alpha value is -1.75. The highest BCUT2D eigenvalue weighted by molar-refractivity contribution is 5.80. The van der Waals surface area contributed by atoms with Crippen LogP contribution in [0.3, 0.4) is 0 Å². The molecule has 0 spiro atoms. The number of rotatable bonds is 2. The highest BCUT2D eigenvalue weighted by atomic mass is 16.4. The van der Waals surface area contributed by atoms with Gasteiger partial charge < -0.3 is 20.6 Å². The van der Waals surface area contributed by atoms with Gasteiger partial charge in [0.2, 0.25) is 0 Å². The molecule has 104 valence electrons. The summed E-state index contributed by atoms with van der Waals surface area (Å²) in [5.74, 6) is -0.927. The third-order valence-electron chi connectivity index (χ3n) is 3.82. The summed E-state index contributed by atoms with van der Waals surface area (Å²) >= 11 is 0. The average Bonchev–Trinajstić information content (AvgIpc) is 2.47. The molecule has 0 aromatic heterocycles. The lowest BCUT2D eigenvalue weighted by atomic mass is 9.89. The van der Waals surface area contributed by atoms with E-state index in [4.69, 9.17) is 5.73 Å². The number of anilines is 2. The normalized spacial score (nSPS) is 22.6. The molecule has 19 heavy (non-hydrogen) atoms. The molecule has 1 aromatic carbocycles. The molecular formula is C14H21N3O2. The highest BCUT2D eigenvalue weighted by Crippen LogP contribution is 2.32. The van der Waals surface area contributed by atoms with Crippen molar-refractivity contribution in [3.8, 4) is 0 Å². The molecule has 1 atom stereocenters. The molecule has 0 aliphatic carbocycles. The number of carbonyl (C=O) groups is 1. The fourth-order valence-corrected chi connectivity index (χ4v) is 2.46. The molecule has 0 saturated carbocycles. The molecule has 1 aliphatic rings. The van der Waals surface area contributed by atoms with E-state index in [0.717, 1.165) is 16.9 Å². The summed E-state index contributed by atoms with van der Waals surface area (Å²) in [6.07, 6.45) is 0.814. The molecule has 5 nitrogen and oxygen atoms in total. The van der Waals surface area contributed by atoms with Crippen LogP contribution in [0.4, 0.5) is 11.4 Å². The first-order chi connectivity index (χ1) is 8.83. The Kier molecular flexibility index (Phi) is 3.41. The molecule has 0 amide bonds. The summed E-state index contributed by atoms with van der Waals surface area (Å²) in [5.41, 5.74) is 8.01. The van der Waals surface area contributed by atoms with Gasteiger partial charge in [-0.3, -0.25) is 4.79 Å². The number of nitrogens with two attached hydrogens (primary N) is 1. The van der Waals surface area contributed by atoms with E-state index in [0.29, 0.717) is 19.4 Å². The number of hydrogen-bond donors (Lipinski definition) is 2. The fourth-order valence-electron chi connectivity index (χ4n) is 2.46. The Balaban J connectivity index is 2.47. The van der Waals surface area contributed by atoms with Crippen LogP contribution in [0, 0.1) is 0 Å². The fraction of sp³-hybridized carbons (Fsp3) is 0.500. The standard InChI is InChI=1S/C14H21N3O2/c1-16(2)11-4-5-12-10(8-11)9-14(15,13(18)19)6-7-17(12)3/h4-5,8H,6-7,9,15H2,1-3H3,(H,18,19). The number of hydrogen-bond acceptors (Lipinski definition) is 4. The van der Waals surface area contributed by atoms with Crippen molar-refractivity contribution in [1.82, 2.24) is 0 Å². The number of carboxylic acid groups (broad SMARTS) is 1. The first-order valence-corrected chi connectivity index (χ1v) is 6.37. The van der Waals surface area contributed by atoms with Crippen LogP contribution >= 0.6 is 0 Å². The third kappa shape index (κ3) is 2.51. The summed E-state index contributed by atoms with van der Waals surface area (Å²) in [4.78, 5) is 15.5. The molecule has 1 unspecified atom stereocenters. The van der Waals surface area contributed by atoms with Crippen molar-refractivity contribution >= 4 is 17.3 Å². The van der Waals surface area contributed by atoms with Crippen molar-refractivity contribution in [3.05, 3.63) is 23.8 Å². The van der Waals surface area contributed by atoms with E-state index in [1.54, 1.807) is 0 Å². The summed E-state index contributed by atoms with van der Waals surface area (Å²) < 4.78 is 0. The third-order valence-corrected chi connectivity index (χ3v) is 3.82. The minimum absolute atomic E-state index is 0.365. The highest BCUT2D eigenvalue weighted by Gasteiger charge is 2.37. The van der Waals surface area contributed by atoms with Crippen molar-refractivity contribution in [2.45, 2.75) is 18.4 Å². The van der Waals surface area contributed by atoms with Crippen molar-refractivity contribution in [1.29, 1.82) is 0 Å². The van der Waals surface area contributed by atoms with Crippen LogP contribution in [0.25, 0.3) is 0 Å². The van der Waals surface area contributed by atoms with Crippen molar-refractivity contribution in [2.24, 2.45) is 5.73 Å². The molecule has 1 heterocycles. The Morgan fingerprint density at radius 3 is 2.74 bits per heavy atom. The minimum Gasteiger partial charge on any atom is -0.480 e. The van der Waals surface area contributed by atoms with Crippen LogP contribution in [0.5, 0.6) is 0 Å². The molecule has 0 fully saturated rings. The van der Waals surface area contributed by atoms with Crippen LogP contribution in [0.2, 0.25) is 0 Å². The van der Waals surface area contributed by atoms with Gasteiger partial charge in [0, 0.05) is 45.5 Å². The van der Waals surface area contributed by atoms with Gasteiger partial charge in [0.15, 0.2) is 0 Å². The summed E-state index contributed by atoms with van der Waals surface area (Å²) in [6.45, 7) is 0.650. The number of carboxylic acids is 1. The zero-order valence-corrected chi connectivity index (χ0v) is 11.7. The maximum absolute atomic E-state index is 11.4. The Bertz CT molecular complexity index is 501. The van der Waals surface area contributed by atoms with Gasteiger partial charge in [-0.05, 0) is 30.2 Å². The largest absolute Gasteiger partial charge is 0.480 e. The second-order valence-electron chi connectivity index (χ2n) is 5.52. The van der Waals surface area contributed by atoms with Gasteiger partial charge in [0.05, 0.1) is 0 Å². The van der Waals surface area contributed by atoms with Crippen LogP contribution in [0.15, 0.2) is 18.2 Å². The van der Waals surface area contributed by atoms with E-state index < -0.39 is 11.5 Å². The number of aliphatic carboxylic acids is 1. The maximum Gasteiger partial charge on any atom is 0.324 e. The Labute approximate surface area is 113 Å². The topological polar surface area (TPSA) is 69.8 Å². The lowest BCUT2D eigenvalue weighted by molar-refractivity contribution is -0.143. The lowest BCUT2D eigenvalue weighted by Gasteiger charge is -2.23. The van der Waals surface area contributed by atoms with E-state index >= 15 is 0 Å². The summed E-state index contributed by atoms with van der Waals surface area (Å²) in [7, 11) is 5.91. The second-order valence-corrected chi connectivity index (χ2v) is 5.52. The monoisotopic (exact) mass is 263 g/mol.